The minimum atomic E-state index is -0.296. The molecule has 0 saturated heterocycles. The number of carbonyl (C=O) groups is 1. The molecular weight excluding hydrogens is 291 g/mol. The number of pyridine rings is 1. The summed E-state index contributed by atoms with van der Waals surface area (Å²) in [6, 6.07) is 15.4. The standard InChI is InChI=1S/C19H15FN2O/c1-13-4-2-3-5-18(13)22-19(23)16-10-15(11-21-12-16)14-6-8-17(20)9-7-14/h2-12H,1H3,(H,22,23). The molecule has 0 aliphatic rings. The van der Waals surface area contributed by atoms with Gasteiger partial charge in [-0.2, -0.15) is 0 Å². The van der Waals surface area contributed by atoms with E-state index in [1.54, 1.807) is 24.4 Å². The van der Waals surface area contributed by atoms with Crippen LogP contribution in [0.3, 0.4) is 0 Å². The molecule has 1 aromatic heterocycles. The number of anilines is 1. The maximum atomic E-state index is 13.0. The van der Waals surface area contributed by atoms with Crippen molar-refractivity contribution in [2.24, 2.45) is 0 Å². The van der Waals surface area contributed by atoms with E-state index in [0.29, 0.717) is 5.56 Å². The Balaban J connectivity index is 1.86. The van der Waals surface area contributed by atoms with Crippen molar-refractivity contribution in [3.8, 4) is 11.1 Å². The first-order chi connectivity index (χ1) is 11.1. The zero-order valence-electron chi connectivity index (χ0n) is 12.6. The van der Waals surface area contributed by atoms with E-state index in [1.807, 2.05) is 31.2 Å². The summed E-state index contributed by atoms with van der Waals surface area (Å²) >= 11 is 0. The second-order valence-electron chi connectivity index (χ2n) is 5.24. The van der Waals surface area contributed by atoms with E-state index in [1.165, 1.54) is 18.3 Å². The average Bonchev–Trinajstić information content (AvgIpc) is 2.58. The Morgan fingerprint density at radius 2 is 1.74 bits per heavy atom. The van der Waals surface area contributed by atoms with Gasteiger partial charge in [-0.25, -0.2) is 4.39 Å². The Hall–Kier alpha value is -3.01. The van der Waals surface area contributed by atoms with Gasteiger partial charge in [0.15, 0.2) is 0 Å². The molecule has 0 saturated carbocycles. The number of carbonyl (C=O) groups excluding carboxylic acids is 1. The van der Waals surface area contributed by atoms with Crippen LogP contribution < -0.4 is 5.32 Å². The van der Waals surface area contributed by atoms with E-state index in [0.717, 1.165) is 22.4 Å². The van der Waals surface area contributed by atoms with Gasteiger partial charge in [-0.05, 0) is 42.3 Å². The second-order valence-corrected chi connectivity index (χ2v) is 5.24. The smallest absolute Gasteiger partial charge is 0.257 e. The number of hydrogen-bond acceptors (Lipinski definition) is 2. The Kier molecular flexibility index (Phi) is 4.15. The molecule has 1 N–H and O–H groups in total. The third kappa shape index (κ3) is 3.43. The molecule has 2 aromatic carbocycles. The Bertz CT molecular complexity index is 844. The number of rotatable bonds is 3. The summed E-state index contributed by atoms with van der Waals surface area (Å²) in [5, 5.41) is 2.88. The first kappa shape index (κ1) is 14.9. The number of benzene rings is 2. The summed E-state index contributed by atoms with van der Waals surface area (Å²) < 4.78 is 13.0. The highest BCUT2D eigenvalue weighted by atomic mass is 19.1. The third-order valence-corrected chi connectivity index (χ3v) is 3.57. The summed E-state index contributed by atoms with van der Waals surface area (Å²) in [7, 11) is 0. The monoisotopic (exact) mass is 306 g/mol. The third-order valence-electron chi connectivity index (χ3n) is 3.57. The minimum absolute atomic E-state index is 0.226. The summed E-state index contributed by atoms with van der Waals surface area (Å²) in [6.45, 7) is 1.93. The van der Waals surface area contributed by atoms with Gasteiger partial charge >= 0.3 is 0 Å². The topological polar surface area (TPSA) is 42.0 Å². The van der Waals surface area contributed by atoms with Crippen LogP contribution in [-0.2, 0) is 0 Å². The van der Waals surface area contributed by atoms with Gasteiger partial charge < -0.3 is 5.32 Å². The van der Waals surface area contributed by atoms with Gasteiger partial charge in [-0.15, -0.1) is 0 Å². The highest BCUT2D eigenvalue weighted by Crippen LogP contribution is 2.21. The van der Waals surface area contributed by atoms with E-state index < -0.39 is 0 Å². The Morgan fingerprint density at radius 3 is 2.48 bits per heavy atom. The van der Waals surface area contributed by atoms with Gasteiger partial charge in [0.2, 0.25) is 0 Å². The highest BCUT2D eigenvalue weighted by molar-refractivity contribution is 6.05. The van der Waals surface area contributed by atoms with Crippen molar-refractivity contribution in [2.45, 2.75) is 6.92 Å². The fourth-order valence-corrected chi connectivity index (χ4v) is 2.27. The zero-order valence-corrected chi connectivity index (χ0v) is 12.6. The van der Waals surface area contributed by atoms with Crippen LogP contribution in [0, 0.1) is 12.7 Å². The van der Waals surface area contributed by atoms with Crippen molar-refractivity contribution in [3.63, 3.8) is 0 Å². The molecule has 0 unspecified atom stereocenters. The molecule has 4 heteroatoms. The number of hydrogen-bond donors (Lipinski definition) is 1. The number of amides is 1. The van der Waals surface area contributed by atoms with Gasteiger partial charge in [0.25, 0.3) is 5.91 Å². The fraction of sp³-hybridized carbons (Fsp3) is 0.0526. The van der Waals surface area contributed by atoms with Gasteiger partial charge in [-0.1, -0.05) is 30.3 Å². The first-order valence-electron chi connectivity index (χ1n) is 7.21. The van der Waals surface area contributed by atoms with Gasteiger partial charge in [-0.3, -0.25) is 9.78 Å². The van der Waals surface area contributed by atoms with Crippen molar-refractivity contribution in [1.82, 2.24) is 4.98 Å². The number of nitrogens with one attached hydrogen (secondary N) is 1. The number of halogens is 1. The summed E-state index contributed by atoms with van der Waals surface area (Å²) in [6.07, 6.45) is 3.17. The maximum absolute atomic E-state index is 13.0. The predicted octanol–water partition coefficient (Wildman–Crippen LogP) is 4.45. The first-order valence-corrected chi connectivity index (χ1v) is 7.21. The summed E-state index contributed by atoms with van der Waals surface area (Å²) in [4.78, 5) is 16.5. The number of para-hydroxylation sites is 1. The molecule has 0 aliphatic carbocycles. The van der Waals surface area contributed by atoms with E-state index in [4.69, 9.17) is 0 Å². The number of nitrogens with zero attached hydrogens (tertiary/aromatic N) is 1. The van der Waals surface area contributed by atoms with Gasteiger partial charge in [0.1, 0.15) is 5.82 Å². The van der Waals surface area contributed by atoms with Crippen LogP contribution in [-0.4, -0.2) is 10.9 Å². The lowest BCUT2D eigenvalue weighted by Crippen LogP contribution is -2.13. The van der Waals surface area contributed by atoms with E-state index in [-0.39, 0.29) is 11.7 Å². The normalized spacial score (nSPS) is 10.3. The lowest BCUT2D eigenvalue weighted by atomic mass is 10.1. The predicted molar refractivity (Wildman–Crippen MR) is 88.8 cm³/mol. The van der Waals surface area contributed by atoms with Crippen LogP contribution >= 0.6 is 0 Å². The Morgan fingerprint density at radius 1 is 1.00 bits per heavy atom. The molecule has 0 fully saturated rings. The average molecular weight is 306 g/mol. The maximum Gasteiger partial charge on any atom is 0.257 e. The van der Waals surface area contributed by atoms with E-state index >= 15 is 0 Å². The lowest BCUT2D eigenvalue weighted by Gasteiger charge is -2.09. The number of aryl methyl sites for hydroxylation is 1. The van der Waals surface area contributed by atoms with Crippen molar-refractivity contribution in [1.29, 1.82) is 0 Å². The van der Waals surface area contributed by atoms with E-state index in [2.05, 4.69) is 10.3 Å². The largest absolute Gasteiger partial charge is 0.322 e. The lowest BCUT2D eigenvalue weighted by molar-refractivity contribution is 0.102. The molecule has 3 nitrogen and oxygen atoms in total. The van der Waals surface area contributed by atoms with Gasteiger partial charge in [0.05, 0.1) is 5.56 Å². The minimum Gasteiger partial charge on any atom is -0.322 e. The van der Waals surface area contributed by atoms with Crippen molar-refractivity contribution in [3.05, 3.63) is 83.9 Å². The van der Waals surface area contributed by atoms with Crippen LogP contribution in [0.5, 0.6) is 0 Å². The SMILES string of the molecule is Cc1ccccc1NC(=O)c1cncc(-c2ccc(F)cc2)c1. The van der Waals surface area contributed by atoms with Crippen LogP contribution in [0.25, 0.3) is 11.1 Å². The van der Waals surface area contributed by atoms with Crippen LogP contribution in [0.1, 0.15) is 15.9 Å². The van der Waals surface area contributed by atoms with Crippen molar-refractivity contribution in [2.75, 3.05) is 5.32 Å². The van der Waals surface area contributed by atoms with Crippen LogP contribution in [0.2, 0.25) is 0 Å². The summed E-state index contributed by atoms with van der Waals surface area (Å²) in [5.74, 6) is -0.522. The molecule has 3 rings (SSSR count). The molecule has 3 aromatic rings. The summed E-state index contributed by atoms with van der Waals surface area (Å²) in [5.41, 5.74) is 3.79. The van der Waals surface area contributed by atoms with Gasteiger partial charge in [0, 0.05) is 23.6 Å². The zero-order chi connectivity index (χ0) is 16.2. The van der Waals surface area contributed by atoms with Crippen LogP contribution in [0.4, 0.5) is 10.1 Å². The molecule has 0 radical (unpaired) electrons. The molecule has 0 atom stereocenters. The molecule has 23 heavy (non-hydrogen) atoms. The van der Waals surface area contributed by atoms with Crippen LogP contribution in [0.15, 0.2) is 67.0 Å². The molecule has 1 amide bonds. The molecule has 0 bridgehead atoms. The quantitative estimate of drug-likeness (QED) is 0.777. The van der Waals surface area contributed by atoms with Crippen molar-refractivity contribution >= 4 is 11.6 Å². The van der Waals surface area contributed by atoms with E-state index in [9.17, 15) is 9.18 Å². The second kappa shape index (κ2) is 6.40. The number of aromatic nitrogens is 1. The highest BCUT2D eigenvalue weighted by Gasteiger charge is 2.09. The fourth-order valence-electron chi connectivity index (χ4n) is 2.27. The molecule has 0 aliphatic heterocycles. The molecular formula is C19H15FN2O. The van der Waals surface area contributed by atoms with Crippen molar-refractivity contribution < 1.29 is 9.18 Å². The molecule has 114 valence electrons. The molecule has 1 heterocycles. The Labute approximate surface area is 133 Å². The molecule has 0 spiro atoms.